The summed E-state index contributed by atoms with van der Waals surface area (Å²) in [4.78, 5) is 2.44. The molecule has 0 saturated carbocycles. The molecular formula is C63H46N2. The van der Waals surface area contributed by atoms with Crippen LogP contribution < -0.4 is 4.90 Å². The first-order valence-electron chi connectivity index (χ1n) is 22.6. The summed E-state index contributed by atoms with van der Waals surface area (Å²) in [7, 11) is 0. The van der Waals surface area contributed by atoms with Crippen molar-refractivity contribution >= 4 is 38.7 Å². The number of rotatable bonds is 8. The van der Waals surface area contributed by atoms with Crippen LogP contribution in [-0.2, 0) is 5.41 Å². The van der Waals surface area contributed by atoms with Crippen LogP contribution in [0.2, 0.25) is 0 Å². The highest BCUT2D eigenvalue weighted by atomic mass is 15.1. The third-order valence-corrected chi connectivity index (χ3v) is 13.6. The van der Waals surface area contributed by atoms with Gasteiger partial charge in [-0.05, 0) is 116 Å². The Morgan fingerprint density at radius 1 is 0.369 bits per heavy atom. The number of anilines is 3. The molecule has 0 amide bonds. The van der Waals surface area contributed by atoms with Crippen LogP contribution in [0.5, 0.6) is 0 Å². The molecule has 0 unspecified atom stereocenters. The lowest BCUT2D eigenvalue weighted by molar-refractivity contribution is 0.660. The summed E-state index contributed by atoms with van der Waals surface area (Å²) in [6.45, 7) is 4.72. The van der Waals surface area contributed by atoms with Gasteiger partial charge in [-0.25, -0.2) is 0 Å². The minimum atomic E-state index is -0.113. The van der Waals surface area contributed by atoms with Crippen LogP contribution in [0.3, 0.4) is 0 Å². The van der Waals surface area contributed by atoms with Gasteiger partial charge >= 0.3 is 0 Å². The third-order valence-electron chi connectivity index (χ3n) is 13.6. The molecule has 1 heterocycles. The van der Waals surface area contributed by atoms with Gasteiger partial charge in [0, 0.05) is 38.8 Å². The number of hydrogen-bond donors (Lipinski definition) is 0. The summed E-state index contributed by atoms with van der Waals surface area (Å²) >= 11 is 0. The second-order valence-electron chi connectivity index (χ2n) is 17.7. The Balaban J connectivity index is 1.01. The van der Waals surface area contributed by atoms with E-state index in [9.17, 15) is 0 Å². The van der Waals surface area contributed by atoms with Crippen molar-refractivity contribution in [2.24, 2.45) is 0 Å². The van der Waals surface area contributed by atoms with Gasteiger partial charge in [0.1, 0.15) is 0 Å². The molecule has 11 aromatic rings. The van der Waals surface area contributed by atoms with Crippen LogP contribution in [0.4, 0.5) is 17.1 Å². The average Bonchev–Trinajstić information content (AvgIpc) is 3.83. The fraction of sp³-hybridized carbons (Fsp3) is 0.0476. The average molecular weight is 831 g/mol. The van der Waals surface area contributed by atoms with Crippen molar-refractivity contribution in [3.05, 3.63) is 254 Å². The van der Waals surface area contributed by atoms with Crippen molar-refractivity contribution in [1.82, 2.24) is 4.57 Å². The van der Waals surface area contributed by atoms with Gasteiger partial charge in [-0.1, -0.05) is 202 Å². The fourth-order valence-electron chi connectivity index (χ4n) is 10.4. The van der Waals surface area contributed by atoms with Gasteiger partial charge in [0.15, 0.2) is 0 Å². The first-order chi connectivity index (χ1) is 32.0. The molecule has 308 valence electrons. The van der Waals surface area contributed by atoms with Crippen molar-refractivity contribution in [1.29, 1.82) is 0 Å². The molecule has 10 aromatic carbocycles. The van der Waals surface area contributed by atoms with E-state index in [0.29, 0.717) is 0 Å². The summed E-state index contributed by atoms with van der Waals surface area (Å²) in [5, 5.41) is 3.65. The van der Waals surface area contributed by atoms with Gasteiger partial charge in [0.05, 0.1) is 16.9 Å². The number of fused-ring (bicyclic) bond motifs is 5. The molecule has 1 aliphatic rings. The largest absolute Gasteiger partial charge is 0.310 e. The lowest BCUT2D eigenvalue weighted by atomic mass is 9.82. The molecule has 1 aliphatic carbocycles. The maximum Gasteiger partial charge on any atom is 0.0619 e. The van der Waals surface area contributed by atoms with E-state index < -0.39 is 0 Å². The molecule has 2 heteroatoms. The standard InChI is InChI=1S/C63H46N2/c1-63(2)57-27-15-14-26-54(57)55-39-38-52(42-58(55)63)64(59-28-16-24-46-19-12-13-25-53(46)59)50-34-31-45(32-35-50)49-33-40-60-56(41-49)61(47-20-8-4-9-21-47)62(48-22-10-5-11-23-48)65(60)51-36-29-44(30-37-51)43-17-6-3-7-18-43/h3-42H,1-2H3. The van der Waals surface area contributed by atoms with Gasteiger partial charge in [0.25, 0.3) is 0 Å². The van der Waals surface area contributed by atoms with Gasteiger partial charge in [-0.15, -0.1) is 0 Å². The molecule has 1 aromatic heterocycles. The monoisotopic (exact) mass is 830 g/mol. The summed E-state index contributed by atoms with van der Waals surface area (Å²) in [5.74, 6) is 0. The topological polar surface area (TPSA) is 8.17 Å². The van der Waals surface area contributed by atoms with Crippen molar-refractivity contribution < 1.29 is 0 Å². The maximum atomic E-state index is 2.45. The predicted molar refractivity (Wildman–Crippen MR) is 275 cm³/mol. The SMILES string of the molecule is CC1(C)c2ccccc2-c2ccc(N(c3ccc(-c4ccc5c(c4)c(-c4ccccc4)c(-c4ccccc4)n5-c4ccc(-c5ccccc5)cc4)cc3)c3cccc4ccccc34)cc21. The third kappa shape index (κ3) is 6.49. The van der Waals surface area contributed by atoms with Gasteiger partial charge in [0.2, 0.25) is 0 Å². The van der Waals surface area contributed by atoms with Crippen molar-refractivity contribution in [2.75, 3.05) is 4.90 Å². The summed E-state index contributed by atoms with van der Waals surface area (Å²) in [6, 6.07) is 88.8. The Morgan fingerprint density at radius 2 is 0.923 bits per heavy atom. The first-order valence-corrected chi connectivity index (χ1v) is 22.6. The fourth-order valence-corrected chi connectivity index (χ4v) is 10.4. The summed E-state index contributed by atoms with van der Waals surface area (Å²) in [5.41, 5.74) is 20.5. The minimum Gasteiger partial charge on any atom is -0.310 e. The lowest BCUT2D eigenvalue weighted by Gasteiger charge is -2.29. The molecule has 0 fully saturated rings. The highest BCUT2D eigenvalue weighted by Gasteiger charge is 2.36. The smallest absolute Gasteiger partial charge is 0.0619 e. The van der Waals surface area contributed by atoms with E-state index in [-0.39, 0.29) is 5.41 Å². The molecule has 12 rings (SSSR count). The summed E-state index contributed by atoms with van der Waals surface area (Å²) in [6.07, 6.45) is 0. The zero-order chi connectivity index (χ0) is 43.5. The molecule has 0 N–H and O–H groups in total. The quantitative estimate of drug-likeness (QED) is 0.148. The van der Waals surface area contributed by atoms with E-state index in [0.717, 1.165) is 22.7 Å². The second-order valence-corrected chi connectivity index (χ2v) is 17.7. The molecule has 0 saturated heterocycles. The van der Waals surface area contributed by atoms with E-state index in [1.165, 1.54) is 88.6 Å². The maximum absolute atomic E-state index is 2.45. The number of benzene rings is 10. The van der Waals surface area contributed by atoms with Crippen molar-refractivity contribution in [2.45, 2.75) is 19.3 Å². The normalized spacial score (nSPS) is 12.6. The van der Waals surface area contributed by atoms with Crippen molar-refractivity contribution in [3.63, 3.8) is 0 Å². The molecule has 65 heavy (non-hydrogen) atoms. The molecule has 0 aliphatic heterocycles. The van der Waals surface area contributed by atoms with Gasteiger partial charge in [-0.3, -0.25) is 0 Å². The van der Waals surface area contributed by atoms with Gasteiger partial charge in [-0.2, -0.15) is 0 Å². The van der Waals surface area contributed by atoms with E-state index in [1.54, 1.807) is 0 Å². The van der Waals surface area contributed by atoms with E-state index >= 15 is 0 Å². The molecule has 0 spiro atoms. The zero-order valence-electron chi connectivity index (χ0n) is 36.5. The van der Waals surface area contributed by atoms with Crippen LogP contribution in [0.25, 0.3) is 83.1 Å². The predicted octanol–water partition coefficient (Wildman–Crippen LogP) is 17.2. The van der Waals surface area contributed by atoms with Crippen LogP contribution in [-0.4, -0.2) is 4.57 Å². The van der Waals surface area contributed by atoms with Crippen LogP contribution >= 0.6 is 0 Å². The van der Waals surface area contributed by atoms with Crippen LogP contribution in [0.15, 0.2) is 243 Å². The van der Waals surface area contributed by atoms with Crippen LogP contribution in [0.1, 0.15) is 25.0 Å². The summed E-state index contributed by atoms with van der Waals surface area (Å²) < 4.78 is 2.45. The Bertz CT molecular complexity index is 3520. The highest BCUT2D eigenvalue weighted by molar-refractivity contribution is 6.07. The Kier molecular flexibility index (Phi) is 9.21. The first kappa shape index (κ1) is 38.5. The number of nitrogens with zero attached hydrogens (tertiary/aromatic N) is 2. The lowest BCUT2D eigenvalue weighted by Crippen LogP contribution is -2.16. The Labute approximate surface area is 381 Å². The highest BCUT2D eigenvalue weighted by Crippen LogP contribution is 2.51. The molecule has 0 bridgehead atoms. The molecule has 0 atom stereocenters. The van der Waals surface area contributed by atoms with Gasteiger partial charge < -0.3 is 9.47 Å². The number of aromatic nitrogens is 1. The van der Waals surface area contributed by atoms with Crippen LogP contribution in [0, 0.1) is 0 Å². The second kappa shape index (κ2) is 15.6. The molecular weight excluding hydrogens is 785 g/mol. The van der Waals surface area contributed by atoms with Crippen molar-refractivity contribution in [3.8, 4) is 61.5 Å². The van der Waals surface area contributed by atoms with E-state index in [2.05, 4.69) is 266 Å². The van der Waals surface area contributed by atoms with E-state index in [1.807, 2.05) is 0 Å². The number of hydrogen-bond acceptors (Lipinski definition) is 1. The van der Waals surface area contributed by atoms with E-state index in [4.69, 9.17) is 0 Å². The zero-order valence-corrected chi connectivity index (χ0v) is 36.5. The Morgan fingerprint density at radius 3 is 1.68 bits per heavy atom. The molecule has 2 nitrogen and oxygen atoms in total. The Hall–Kier alpha value is -8.20. The molecule has 0 radical (unpaired) electrons. The minimum absolute atomic E-state index is 0.113.